The van der Waals surface area contributed by atoms with Crippen molar-refractivity contribution >= 4 is 5.91 Å². The van der Waals surface area contributed by atoms with Gasteiger partial charge in [0.25, 0.3) is 11.8 Å². The zero-order valence-electron chi connectivity index (χ0n) is 13.7. The first kappa shape index (κ1) is 15.9. The van der Waals surface area contributed by atoms with Crippen molar-refractivity contribution in [1.29, 1.82) is 0 Å². The Morgan fingerprint density at radius 3 is 2.62 bits per heavy atom. The molecule has 0 aliphatic heterocycles. The van der Waals surface area contributed by atoms with Gasteiger partial charge in [0.2, 0.25) is 0 Å². The van der Waals surface area contributed by atoms with Crippen LogP contribution in [0.3, 0.4) is 0 Å². The number of rotatable bonds is 5. The van der Waals surface area contributed by atoms with Gasteiger partial charge in [0.1, 0.15) is 0 Å². The second kappa shape index (κ2) is 7.08. The lowest BCUT2D eigenvalue weighted by atomic mass is 10.1. The lowest BCUT2D eigenvalue weighted by molar-refractivity contribution is 0.0954. The fourth-order valence-corrected chi connectivity index (χ4v) is 2.33. The number of carbonyl (C=O) groups is 1. The van der Waals surface area contributed by atoms with Gasteiger partial charge in [-0.25, -0.2) is 0 Å². The van der Waals surface area contributed by atoms with Crippen molar-refractivity contribution in [1.82, 2.24) is 15.5 Å². The molecule has 5 heteroatoms. The molecule has 1 N–H and O–H groups in total. The summed E-state index contributed by atoms with van der Waals surface area (Å²) < 4.78 is 5.25. The minimum atomic E-state index is -0.0927. The third-order valence-corrected chi connectivity index (χ3v) is 3.89. The topological polar surface area (TPSA) is 68.0 Å². The molecule has 0 fully saturated rings. The molecule has 0 bridgehead atoms. The van der Waals surface area contributed by atoms with E-state index in [1.165, 1.54) is 5.56 Å². The zero-order valence-corrected chi connectivity index (χ0v) is 13.7. The highest BCUT2D eigenvalue weighted by Gasteiger charge is 2.10. The van der Waals surface area contributed by atoms with Crippen molar-refractivity contribution in [2.24, 2.45) is 0 Å². The van der Waals surface area contributed by atoms with E-state index in [1.54, 1.807) is 0 Å². The minimum Gasteiger partial charge on any atom is -0.352 e. The summed E-state index contributed by atoms with van der Waals surface area (Å²) in [4.78, 5) is 16.5. The van der Waals surface area contributed by atoms with Crippen LogP contribution in [0.5, 0.6) is 0 Å². The van der Waals surface area contributed by atoms with E-state index in [4.69, 9.17) is 4.52 Å². The number of hydrogen-bond donors (Lipinski definition) is 1. The van der Waals surface area contributed by atoms with Gasteiger partial charge in [-0.05, 0) is 49.2 Å². The first-order chi connectivity index (χ1) is 11.6. The lowest BCUT2D eigenvalue weighted by Crippen LogP contribution is -2.26. The Hall–Kier alpha value is -2.95. The third kappa shape index (κ3) is 3.68. The van der Waals surface area contributed by atoms with Crippen molar-refractivity contribution in [2.45, 2.75) is 20.3 Å². The number of nitrogens with one attached hydrogen (secondary N) is 1. The summed E-state index contributed by atoms with van der Waals surface area (Å²) in [6.07, 6.45) is 0.521. The number of aromatic nitrogens is 2. The summed E-state index contributed by atoms with van der Waals surface area (Å²) in [7, 11) is 0. The van der Waals surface area contributed by atoms with Crippen molar-refractivity contribution in [3.63, 3.8) is 0 Å². The number of nitrogens with zero attached hydrogens (tertiary/aromatic N) is 2. The first-order valence-electron chi connectivity index (χ1n) is 7.87. The van der Waals surface area contributed by atoms with Gasteiger partial charge in [0.15, 0.2) is 5.82 Å². The maximum Gasteiger partial charge on any atom is 0.257 e. The molecule has 0 radical (unpaired) electrons. The van der Waals surface area contributed by atoms with E-state index in [0.717, 1.165) is 11.1 Å². The SMILES string of the molecule is Cc1ccc(C(=O)NCCc2noc(-c3ccccc3)n2)cc1C. The molecule has 3 aromatic rings. The summed E-state index contributed by atoms with van der Waals surface area (Å²) in [5, 5.41) is 6.83. The Balaban J connectivity index is 1.56. The molecule has 5 nitrogen and oxygen atoms in total. The quantitative estimate of drug-likeness (QED) is 0.782. The molecule has 0 spiro atoms. The normalized spacial score (nSPS) is 10.6. The van der Waals surface area contributed by atoms with Crippen LogP contribution in [0.15, 0.2) is 53.1 Å². The van der Waals surface area contributed by atoms with Gasteiger partial charge in [0.05, 0.1) is 0 Å². The van der Waals surface area contributed by atoms with Gasteiger partial charge in [-0.15, -0.1) is 0 Å². The second-order valence-corrected chi connectivity index (χ2v) is 5.69. The fraction of sp³-hybridized carbons (Fsp3) is 0.211. The van der Waals surface area contributed by atoms with Crippen LogP contribution in [0.2, 0.25) is 0 Å². The zero-order chi connectivity index (χ0) is 16.9. The largest absolute Gasteiger partial charge is 0.352 e. The van der Waals surface area contributed by atoms with E-state index in [-0.39, 0.29) is 5.91 Å². The number of hydrogen-bond acceptors (Lipinski definition) is 4. The van der Waals surface area contributed by atoms with Gasteiger partial charge >= 0.3 is 0 Å². The Labute approximate surface area is 140 Å². The highest BCUT2D eigenvalue weighted by molar-refractivity contribution is 5.94. The fourth-order valence-electron chi connectivity index (χ4n) is 2.33. The first-order valence-corrected chi connectivity index (χ1v) is 7.87. The molecule has 1 heterocycles. The average Bonchev–Trinajstić information content (AvgIpc) is 3.07. The predicted octanol–water partition coefficient (Wildman–Crippen LogP) is 3.33. The summed E-state index contributed by atoms with van der Waals surface area (Å²) in [5.74, 6) is 0.977. The predicted molar refractivity (Wildman–Crippen MR) is 91.7 cm³/mol. The molecule has 24 heavy (non-hydrogen) atoms. The molecule has 0 saturated heterocycles. The van der Waals surface area contributed by atoms with E-state index >= 15 is 0 Å². The Morgan fingerprint density at radius 2 is 1.88 bits per heavy atom. The molecule has 1 amide bonds. The van der Waals surface area contributed by atoms with Crippen molar-refractivity contribution < 1.29 is 9.32 Å². The molecule has 0 unspecified atom stereocenters. The van der Waals surface area contributed by atoms with E-state index in [9.17, 15) is 4.79 Å². The summed E-state index contributed by atoms with van der Waals surface area (Å²) in [6, 6.07) is 15.3. The average molecular weight is 321 g/mol. The molecular formula is C19H19N3O2. The van der Waals surface area contributed by atoms with Crippen LogP contribution in [-0.4, -0.2) is 22.6 Å². The highest BCUT2D eigenvalue weighted by atomic mass is 16.5. The molecule has 0 aliphatic carbocycles. The summed E-state index contributed by atoms with van der Waals surface area (Å²) in [5.41, 5.74) is 3.83. The summed E-state index contributed by atoms with van der Waals surface area (Å²) in [6.45, 7) is 4.48. The van der Waals surface area contributed by atoms with Crippen molar-refractivity contribution in [3.8, 4) is 11.5 Å². The molecule has 0 atom stereocenters. The Kier molecular flexibility index (Phi) is 4.70. The van der Waals surface area contributed by atoms with Crippen molar-refractivity contribution in [3.05, 3.63) is 71.0 Å². The number of benzene rings is 2. The molecule has 1 aromatic heterocycles. The lowest BCUT2D eigenvalue weighted by Gasteiger charge is -2.06. The van der Waals surface area contributed by atoms with Crippen LogP contribution in [0, 0.1) is 13.8 Å². The molecule has 122 valence electrons. The maximum absolute atomic E-state index is 12.1. The van der Waals surface area contributed by atoms with Crippen LogP contribution < -0.4 is 5.32 Å². The van der Waals surface area contributed by atoms with Gasteiger partial charge in [-0.3, -0.25) is 4.79 Å². The van der Waals surface area contributed by atoms with Gasteiger partial charge in [0, 0.05) is 24.1 Å². The van der Waals surface area contributed by atoms with E-state index < -0.39 is 0 Å². The van der Waals surface area contributed by atoms with Crippen LogP contribution in [-0.2, 0) is 6.42 Å². The van der Waals surface area contributed by atoms with Gasteiger partial charge < -0.3 is 9.84 Å². The van der Waals surface area contributed by atoms with E-state index in [0.29, 0.717) is 30.2 Å². The molecule has 0 saturated carbocycles. The number of amides is 1. The maximum atomic E-state index is 12.1. The number of carbonyl (C=O) groups excluding carboxylic acids is 1. The van der Waals surface area contributed by atoms with Crippen LogP contribution >= 0.6 is 0 Å². The monoisotopic (exact) mass is 321 g/mol. The van der Waals surface area contributed by atoms with Gasteiger partial charge in [-0.2, -0.15) is 4.98 Å². The second-order valence-electron chi connectivity index (χ2n) is 5.69. The van der Waals surface area contributed by atoms with E-state index in [2.05, 4.69) is 15.5 Å². The third-order valence-electron chi connectivity index (χ3n) is 3.89. The Morgan fingerprint density at radius 1 is 1.08 bits per heavy atom. The summed E-state index contributed by atoms with van der Waals surface area (Å²) >= 11 is 0. The molecule has 0 aliphatic rings. The van der Waals surface area contributed by atoms with Crippen LogP contribution in [0.25, 0.3) is 11.5 Å². The minimum absolute atomic E-state index is 0.0927. The highest BCUT2D eigenvalue weighted by Crippen LogP contribution is 2.16. The van der Waals surface area contributed by atoms with E-state index in [1.807, 2.05) is 62.4 Å². The number of aryl methyl sites for hydroxylation is 2. The molecular weight excluding hydrogens is 302 g/mol. The van der Waals surface area contributed by atoms with Gasteiger partial charge in [-0.1, -0.05) is 29.4 Å². The van der Waals surface area contributed by atoms with Crippen LogP contribution in [0.1, 0.15) is 27.3 Å². The molecule has 2 aromatic carbocycles. The molecule has 3 rings (SSSR count). The van der Waals surface area contributed by atoms with Crippen LogP contribution in [0.4, 0.5) is 0 Å². The Bertz CT molecular complexity index is 841. The van der Waals surface area contributed by atoms with Crippen molar-refractivity contribution in [2.75, 3.05) is 6.54 Å². The standard InChI is InChI=1S/C19H19N3O2/c1-13-8-9-16(12-14(13)2)18(23)20-11-10-17-21-19(24-22-17)15-6-4-3-5-7-15/h3-9,12H,10-11H2,1-2H3,(H,20,23). The smallest absolute Gasteiger partial charge is 0.257 e.